The Bertz CT molecular complexity index is 1930. The van der Waals surface area contributed by atoms with E-state index in [9.17, 15) is 37.5 Å². The van der Waals surface area contributed by atoms with Gasteiger partial charge >= 0.3 is 30.0 Å². The maximum Gasteiger partial charge on any atom is 0.422 e. The Morgan fingerprint density at radius 2 is 1.56 bits per heavy atom. The van der Waals surface area contributed by atoms with Crippen LogP contribution in [0.15, 0.2) is 66.9 Å². The summed E-state index contributed by atoms with van der Waals surface area (Å²) in [6, 6.07) is 13.5. The van der Waals surface area contributed by atoms with Gasteiger partial charge in [-0.05, 0) is 73.4 Å². The predicted molar refractivity (Wildman–Crippen MR) is 181 cm³/mol. The van der Waals surface area contributed by atoms with E-state index < -0.39 is 54.1 Å². The van der Waals surface area contributed by atoms with Crippen LogP contribution < -0.4 is 31.3 Å². The molecule has 15 nitrogen and oxygen atoms in total. The Kier molecular flexibility index (Phi) is 11.6. The molecule has 1 fully saturated rings. The van der Waals surface area contributed by atoms with Gasteiger partial charge in [-0.1, -0.05) is 35.3 Å². The number of halogens is 5. The van der Waals surface area contributed by atoms with Crippen molar-refractivity contribution in [2.75, 3.05) is 29.1 Å². The molecule has 0 saturated heterocycles. The van der Waals surface area contributed by atoms with Crippen molar-refractivity contribution in [1.29, 1.82) is 0 Å². The minimum Gasteiger partial charge on any atom is -0.480 e. The molecule has 1 aliphatic carbocycles. The maximum absolute atomic E-state index is 12.9. The Morgan fingerprint density at radius 3 is 2.17 bits per heavy atom. The summed E-state index contributed by atoms with van der Waals surface area (Å²) < 4.78 is 43.5. The molecule has 2 aromatic heterocycles. The second-order valence-electron chi connectivity index (χ2n) is 11.3. The van der Waals surface area contributed by atoms with Crippen molar-refractivity contribution in [1.82, 2.24) is 30.6 Å². The number of aromatic nitrogens is 4. The average molecular weight is 763 g/mol. The van der Waals surface area contributed by atoms with Crippen LogP contribution in [0.5, 0.6) is 6.01 Å². The van der Waals surface area contributed by atoms with Crippen molar-refractivity contribution in [3.63, 3.8) is 0 Å². The topological polar surface area (TPSA) is 209 Å². The van der Waals surface area contributed by atoms with Crippen molar-refractivity contribution in [3.8, 4) is 6.01 Å². The summed E-state index contributed by atoms with van der Waals surface area (Å²) in [6.07, 6.45) is -2.26. The lowest BCUT2D eigenvalue weighted by atomic mass is 10.1. The summed E-state index contributed by atoms with van der Waals surface area (Å²) in [6.45, 7) is -1.90. The fraction of sp³-hybridized carbons (Fsp3) is 0.250. The quantitative estimate of drug-likeness (QED) is 0.0764. The lowest BCUT2D eigenvalue weighted by Crippen LogP contribution is -2.44. The molecule has 2 heterocycles. The largest absolute Gasteiger partial charge is 0.480 e. The number of carbonyl (C=O) groups excluding carboxylic acids is 3. The first-order chi connectivity index (χ1) is 24.7. The average Bonchev–Trinajstić information content (AvgIpc) is 3.88. The van der Waals surface area contributed by atoms with Gasteiger partial charge in [0.05, 0.1) is 17.4 Å². The number of carboxylic acid groups (broad SMARTS) is 1. The standard InChI is InChI=1S/C32H28Cl2F3N9O6/c33-19-5-3-18(4-6-19)31(12-13-31)46-29-43-28(44-30(45-29)52-16-32(35,36)37)41-20-7-1-17(2-8-20)24(47)42-22(27(50)51)11-14-38-25(48)26(49)40-21-9-10-23(34)39-15-21/h1-10,15,22H,11-14,16H2,(H,38,48)(H,40,49)(H,42,47)(H,50,51)(H2,41,43,44,45,46)/t22-/m0/s1. The first kappa shape index (κ1) is 37.5. The van der Waals surface area contributed by atoms with Crippen molar-refractivity contribution < 1.29 is 42.2 Å². The molecule has 3 amide bonds. The van der Waals surface area contributed by atoms with Crippen molar-refractivity contribution in [2.45, 2.75) is 37.0 Å². The van der Waals surface area contributed by atoms with Crippen LogP contribution in [-0.2, 0) is 19.9 Å². The fourth-order valence-corrected chi connectivity index (χ4v) is 4.89. The third-order valence-electron chi connectivity index (χ3n) is 7.39. The van der Waals surface area contributed by atoms with Gasteiger partial charge in [-0.25, -0.2) is 9.78 Å². The number of pyridine rings is 1. The number of amides is 3. The van der Waals surface area contributed by atoms with E-state index in [-0.39, 0.29) is 41.3 Å². The zero-order valence-corrected chi connectivity index (χ0v) is 28.1. The van der Waals surface area contributed by atoms with Crippen LogP contribution in [0.3, 0.4) is 0 Å². The van der Waals surface area contributed by atoms with Crippen LogP contribution in [-0.4, -0.2) is 74.1 Å². The number of aliphatic carboxylic acids is 1. The molecule has 272 valence electrons. The second-order valence-corrected chi connectivity index (χ2v) is 12.1. The molecule has 4 aromatic rings. The number of hydrogen-bond acceptors (Lipinski definition) is 11. The molecule has 1 atom stereocenters. The summed E-state index contributed by atoms with van der Waals surface area (Å²) >= 11 is 11.7. The molecule has 0 radical (unpaired) electrons. The molecular formula is C32H28Cl2F3N9O6. The summed E-state index contributed by atoms with van der Waals surface area (Å²) in [5.41, 5.74) is 0.905. The number of nitrogens with zero attached hydrogens (tertiary/aromatic N) is 4. The number of hydrogen-bond donors (Lipinski definition) is 6. The number of alkyl halides is 3. The number of benzene rings is 2. The van der Waals surface area contributed by atoms with Gasteiger partial charge in [-0.15, -0.1) is 0 Å². The van der Waals surface area contributed by atoms with E-state index in [4.69, 9.17) is 27.9 Å². The van der Waals surface area contributed by atoms with Gasteiger partial charge in [0.2, 0.25) is 11.9 Å². The third-order valence-corrected chi connectivity index (χ3v) is 7.87. The van der Waals surface area contributed by atoms with Gasteiger partial charge < -0.3 is 36.4 Å². The van der Waals surface area contributed by atoms with Gasteiger partial charge in [-0.3, -0.25) is 14.4 Å². The summed E-state index contributed by atoms with van der Waals surface area (Å²) in [4.78, 5) is 64.9. The molecule has 20 heteroatoms. The normalized spacial score (nSPS) is 13.6. The molecule has 1 aliphatic rings. The predicted octanol–water partition coefficient (Wildman–Crippen LogP) is 4.69. The van der Waals surface area contributed by atoms with E-state index in [0.717, 1.165) is 5.56 Å². The van der Waals surface area contributed by atoms with Crippen molar-refractivity contribution >= 4 is 70.2 Å². The van der Waals surface area contributed by atoms with Crippen LogP contribution in [0.4, 0.5) is 36.4 Å². The van der Waals surface area contributed by atoms with E-state index in [1.807, 2.05) is 12.1 Å². The minimum atomic E-state index is -4.65. The molecule has 5 rings (SSSR count). The number of rotatable bonds is 14. The summed E-state index contributed by atoms with van der Waals surface area (Å²) in [7, 11) is 0. The Labute approximate surface area is 302 Å². The molecule has 6 N–H and O–H groups in total. The van der Waals surface area contributed by atoms with Crippen LogP contribution in [0.1, 0.15) is 35.2 Å². The van der Waals surface area contributed by atoms with Gasteiger partial charge in [0.15, 0.2) is 6.61 Å². The number of carboxylic acids is 1. The Balaban J connectivity index is 1.19. The highest BCUT2D eigenvalue weighted by Crippen LogP contribution is 2.48. The van der Waals surface area contributed by atoms with Gasteiger partial charge in [0.25, 0.3) is 5.91 Å². The highest BCUT2D eigenvalue weighted by Gasteiger charge is 2.45. The van der Waals surface area contributed by atoms with E-state index in [2.05, 4.69) is 46.5 Å². The zero-order chi connectivity index (χ0) is 37.5. The molecule has 2 aromatic carbocycles. The van der Waals surface area contributed by atoms with Crippen LogP contribution in [0.2, 0.25) is 10.2 Å². The SMILES string of the molecule is O=C(NCC[C@H](NC(=O)c1ccc(Nc2nc(NC3(c4ccc(Cl)cc4)CC3)nc(OCC(F)(F)F)n2)cc1)C(=O)O)C(=O)Nc1ccc(Cl)nc1. The van der Waals surface area contributed by atoms with Crippen molar-refractivity contribution in [3.05, 3.63) is 88.2 Å². The first-order valence-electron chi connectivity index (χ1n) is 15.3. The van der Waals surface area contributed by atoms with E-state index >= 15 is 0 Å². The van der Waals surface area contributed by atoms with Crippen LogP contribution in [0, 0.1) is 0 Å². The second kappa shape index (κ2) is 16.1. The van der Waals surface area contributed by atoms with E-state index in [0.29, 0.717) is 23.6 Å². The van der Waals surface area contributed by atoms with E-state index in [1.54, 1.807) is 12.1 Å². The van der Waals surface area contributed by atoms with E-state index in [1.165, 1.54) is 42.6 Å². The molecule has 52 heavy (non-hydrogen) atoms. The number of carbonyl (C=O) groups is 4. The Hall–Kier alpha value is -5.75. The maximum atomic E-state index is 12.9. The minimum absolute atomic E-state index is 0.0477. The van der Waals surface area contributed by atoms with Crippen LogP contribution in [0.25, 0.3) is 0 Å². The highest BCUT2D eigenvalue weighted by molar-refractivity contribution is 6.39. The number of anilines is 4. The third kappa shape index (κ3) is 10.6. The molecule has 1 saturated carbocycles. The monoisotopic (exact) mass is 761 g/mol. The lowest BCUT2D eigenvalue weighted by molar-refractivity contribution is -0.154. The van der Waals surface area contributed by atoms with Gasteiger partial charge in [-0.2, -0.15) is 28.1 Å². The fourth-order valence-electron chi connectivity index (χ4n) is 4.65. The highest BCUT2D eigenvalue weighted by atomic mass is 35.5. The lowest BCUT2D eigenvalue weighted by Gasteiger charge is -2.19. The van der Waals surface area contributed by atoms with Crippen molar-refractivity contribution in [2.24, 2.45) is 0 Å². The van der Waals surface area contributed by atoms with Gasteiger partial charge in [0, 0.05) is 22.8 Å². The molecule has 0 aliphatic heterocycles. The zero-order valence-electron chi connectivity index (χ0n) is 26.6. The smallest absolute Gasteiger partial charge is 0.422 e. The van der Waals surface area contributed by atoms with Crippen LogP contribution >= 0.6 is 23.2 Å². The molecule has 0 spiro atoms. The Morgan fingerprint density at radius 1 is 0.885 bits per heavy atom. The molecular weight excluding hydrogens is 734 g/mol. The molecule has 0 unspecified atom stereocenters. The summed E-state index contributed by atoms with van der Waals surface area (Å²) in [5, 5.41) is 23.3. The number of ether oxygens (including phenoxy) is 1. The number of nitrogens with one attached hydrogen (secondary N) is 5. The van der Waals surface area contributed by atoms with Gasteiger partial charge in [0.1, 0.15) is 11.2 Å². The molecule has 0 bridgehead atoms. The first-order valence-corrected chi connectivity index (χ1v) is 16.0. The summed E-state index contributed by atoms with van der Waals surface area (Å²) in [5.74, 6) is -4.41.